The molecule has 1 unspecified atom stereocenters. The molecule has 0 amide bonds. The number of nitrogens with two attached hydrogens (primary N) is 1. The molecular formula is C19H21N3O3. The number of para-hydroxylation sites is 1. The first kappa shape index (κ1) is 16.8. The number of nitrogens with zero attached hydrogens (tertiary/aromatic N) is 2. The van der Waals surface area contributed by atoms with Gasteiger partial charge in [0.1, 0.15) is 0 Å². The van der Waals surface area contributed by atoms with Crippen molar-refractivity contribution in [2.24, 2.45) is 5.92 Å². The SMILES string of the molecule is COc1ccc(CC(C)C(=O)n2nc(N)c3ccccc32)cc1OC. The summed E-state index contributed by atoms with van der Waals surface area (Å²) in [6, 6.07) is 13.1. The molecule has 130 valence electrons. The molecule has 0 radical (unpaired) electrons. The molecule has 1 aromatic heterocycles. The molecule has 2 aromatic carbocycles. The van der Waals surface area contributed by atoms with Crippen LogP contribution in [0, 0.1) is 5.92 Å². The first-order chi connectivity index (χ1) is 12.0. The fourth-order valence-corrected chi connectivity index (χ4v) is 2.92. The summed E-state index contributed by atoms with van der Waals surface area (Å²) < 4.78 is 12.0. The highest BCUT2D eigenvalue weighted by atomic mass is 16.5. The van der Waals surface area contributed by atoms with Crippen molar-refractivity contribution in [2.45, 2.75) is 13.3 Å². The van der Waals surface area contributed by atoms with Crippen LogP contribution in [0.1, 0.15) is 17.3 Å². The van der Waals surface area contributed by atoms with Gasteiger partial charge in [0.2, 0.25) is 0 Å². The van der Waals surface area contributed by atoms with E-state index >= 15 is 0 Å². The first-order valence-corrected chi connectivity index (χ1v) is 8.03. The molecule has 0 aliphatic carbocycles. The zero-order valence-corrected chi connectivity index (χ0v) is 14.5. The minimum Gasteiger partial charge on any atom is -0.493 e. The Balaban J connectivity index is 1.85. The molecule has 2 N–H and O–H groups in total. The Hall–Kier alpha value is -3.02. The largest absolute Gasteiger partial charge is 0.493 e. The van der Waals surface area contributed by atoms with Gasteiger partial charge in [0.15, 0.2) is 17.3 Å². The third kappa shape index (κ3) is 3.15. The lowest BCUT2D eigenvalue weighted by Gasteiger charge is -2.13. The summed E-state index contributed by atoms with van der Waals surface area (Å²) in [5.41, 5.74) is 7.64. The van der Waals surface area contributed by atoms with Crippen LogP contribution in [0.4, 0.5) is 5.82 Å². The molecule has 0 fully saturated rings. The van der Waals surface area contributed by atoms with Crippen LogP contribution in [0.3, 0.4) is 0 Å². The summed E-state index contributed by atoms with van der Waals surface area (Å²) in [5, 5.41) is 5.00. The van der Waals surface area contributed by atoms with Crippen molar-refractivity contribution >= 4 is 22.6 Å². The number of hydrogen-bond donors (Lipinski definition) is 1. The zero-order chi connectivity index (χ0) is 18.0. The van der Waals surface area contributed by atoms with Crippen LogP contribution in [-0.4, -0.2) is 29.9 Å². The van der Waals surface area contributed by atoms with Gasteiger partial charge in [-0.2, -0.15) is 4.68 Å². The predicted molar refractivity (Wildman–Crippen MR) is 97.2 cm³/mol. The molecule has 0 spiro atoms. The molecule has 0 aliphatic heterocycles. The Kier molecular flexibility index (Phi) is 4.61. The minimum atomic E-state index is -0.263. The number of ether oxygens (including phenoxy) is 2. The van der Waals surface area contributed by atoms with Gasteiger partial charge in [0.05, 0.1) is 19.7 Å². The van der Waals surface area contributed by atoms with Gasteiger partial charge in [0.25, 0.3) is 5.91 Å². The van der Waals surface area contributed by atoms with Crippen molar-refractivity contribution in [3.63, 3.8) is 0 Å². The van der Waals surface area contributed by atoms with Crippen LogP contribution in [0.5, 0.6) is 11.5 Å². The van der Waals surface area contributed by atoms with Crippen LogP contribution in [-0.2, 0) is 6.42 Å². The Labute approximate surface area is 146 Å². The quantitative estimate of drug-likeness (QED) is 0.772. The Morgan fingerprint density at radius 1 is 1.16 bits per heavy atom. The number of carbonyl (C=O) groups excluding carboxylic acids is 1. The second kappa shape index (κ2) is 6.84. The predicted octanol–water partition coefficient (Wildman–Crippen LogP) is 3.15. The van der Waals surface area contributed by atoms with E-state index in [0.717, 1.165) is 16.5 Å². The average molecular weight is 339 g/mol. The van der Waals surface area contributed by atoms with Crippen molar-refractivity contribution in [3.05, 3.63) is 48.0 Å². The summed E-state index contributed by atoms with van der Waals surface area (Å²) in [5.74, 6) is 1.32. The Morgan fingerprint density at radius 2 is 1.88 bits per heavy atom. The van der Waals surface area contributed by atoms with Crippen molar-refractivity contribution in [1.82, 2.24) is 9.78 Å². The summed E-state index contributed by atoms with van der Waals surface area (Å²) in [6.07, 6.45) is 0.563. The van der Waals surface area contributed by atoms with Crippen molar-refractivity contribution < 1.29 is 14.3 Å². The summed E-state index contributed by atoms with van der Waals surface area (Å²) in [6.45, 7) is 1.88. The van der Waals surface area contributed by atoms with E-state index < -0.39 is 0 Å². The van der Waals surface area contributed by atoms with E-state index in [0.29, 0.717) is 23.7 Å². The molecule has 0 saturated carbocycles. The van der Waals surface area contributed by atoms with E-state index in [1.807, 2.05) is 49.4 Å². The maximum Gasteiger partial charge on any atom is 0.250 e. The van der Waals surface area contributed by atoms with Gasteiger partial charge in [0, 0.05) is 11.3 Å². The van der Waals surface area contributed by atoms with Crippen molar-refractivity contribution in [2.75, 3.05) is 20.0 Å². The number of rotatable bonds is 5. The van der Waals surface area contributed by atoms with E-state index in [4.69, 9.17) is 15.2 Å². The highest BCUT2D eigenvalue weighted by Gasteiger charge is 2.20. The molecule has 0 saturated heterocycles. The number of methoxy groups -OCH3 is 2. The fourth-order valence-electron chi connectivity index (χ4n) is 2.92. The topological polar surface area (TPSA) is 79.4 Å². The monoisotopic (exact) mass is 339 g/mol. The molecule has 6 heteroatoms. The molecule has 1 heterocycles. The van der Waals surface area contributed by atoms with Crippen LogP contribution >= 0.6 is 0 Å². The number of carbonyl (C=O) groups is 1. The van der Waals surface area contributed by atoms with Crippen LogP contribution in [0.15, 0.2) is 42.5 Å². The molecular weight excluding hydrogens is 318 g/mol. The number of nitrogen functional groups attached to an aromatic ring is 1. The maximum atomic E-state index is 12.8. The second-order valence-electron chi connectivity index (χ2n) is 5.95. The lowest BCUT2D eigenvalue weighted by Crippen LogP contribution is -2.22. The molecule has 1 atom stereocenters. The minimum absolute atomic E-state index is 0.0947. The lowest BCUT2D eigenvalue weighted by atomic mass is 10.00. The molecule has 6 nitrogen and oxygen atoms in total. The fraction of sp³-hybridized carbons (Fsp3) is 0.263. The van der Waals surface area contributed by atoms with Gasteiger partial charge < -0.3 is 15.2 Å². The third-order valence-corrected chi connectivity index (χ3v) is 4.24. The first-order valence-electron chi connectivity index (χ1n) is 8.03. The van der Waals surface area contributed by atoms with Gasteiger partial charge in [-0.3, -0.25) is 4.79 Å². The zero-order valence-electron chi connectivity index (χ0n) is 14.5. The van der Waals surface area contributed by atoms with Crippen LogP contribution in [0.25, 0.3) is 10.9 Å². The number of aromatic nitrogens is 2. The average Bonchev–Trinajstić information content (AvgIpc) is 2.98. The molecule has 0 bridgehead atoms. The van der Waals surface area contributed by atoms with E-state index in [2.05, 4.69) is 5.10 Å². The summed E-state index contributed by atoms with van der Waals surface area (Å²) in [4.78, 5) is 12.8. The molecule has 0 aliphatic rings. The van der Waals surface area contributed by atoms with Crippen molar-refractivity contribution in [1.29, 1.82) is 0 Å². The van der Waals surface area contributed by atoms with Crippen LogP contribution in [0.2, 0.25) is 0 Å². The van der Waals surface area contributed by atoms with Gasteiger partial charge >= 0.3 is 0 Å². The van der Waals surface area contributed by atoms with E-state index in [1.54, 1.807) is 14.2 Å². The molecule has 3 aromatic rings. The Bertz CT molecular complexity index is 917. The standard InChI is InChI=1S/C19H21N3O3/c1-12(10-13-8-9-16(24-2)17(11-13)25-3)19(23)22-15-7-5-4-6-14(15)18(20)21-22/h4-9,11-12H,10H2,1-3H3,(H2,20,21). The third-order valence-electron chi connectivity index (χ3n) is 4.24. The van der Waals surface area contributed by atoms with E-state index in [-0.39, 0.29) is 11.8 Å². The van der Waals surface area contributed by atoms with E-state index in [1.165, 1.54) is 4.68 Å². The highest BCUT2D eigenvalue weighted by molar-refractivity contribution is 5.97. The van der Waals surface area contributed by atoms with E-state index in [9.17, 15) is 4.79 Å². The van der Waals surface area contributed by atoms with Crippen molar-refractivity contribution in [3.8, 4) is 11.5 Å². The normalized spacial score (nSPS) is 12.1. The number of fused-ring (bicyclic) bond motifs is 1. The molecule has 25 heavy (non-hydrogen) atoms. The molecule has 3 rings (SSSR count). The number of hydrogen-bond acceptors (Lipinski definition) is 5. The van der Waals surface area contributed by atoms with Gasteiger partial charge in [-0.1, -0.05) is 25.1 Å². The van der Waals surface area contributed by atoms with Gasteiger partial charge in [-0.15, -0.1) is 5.10 Å². The lowest BCUT2D eigenvalue weighted by molar-refractivity contribution is 0.0834. The van der Waals surface area contributed by atoms with Gasteiger partial charge in [-0.05, 0) is 36.2 Å². The maximum absolute atomic E-state index is 12.8. The Morgan fingerprint density at radius 3 is 2.60 bits per heavy atom. The summed E-state index contributed by atoms with van der Waals surface area (Å²) in [7, 11) is 3.19. The highest BCUT2D eigenvalue weighted by Crippen LogP contribution is 2.29. The smallest absolute Gasteiger partial charge is 0.250 e. The van der Waals surface area contributed by atoms with Gasteiger partial charge in [-0.25, -0.2) is 0 Å². The number of benzene rings is 2. The second-order valence-corrected chi connectivity index (χ2v) is 5.95. The number of anilines is 1. The summed E-state index contributed by atoms with van der Waals surface area (Å²) >= 11 is 0. The van der Waals surface area contributed by atoms with Crippen LogP contribution < -0.4 is 15.2 Å².